The molecule has 3 unspecified atom stereocenters. The van der Waals surface area contributed by atoms with Crippen molar-refractivity contribution in [2.45, 2.75) is 156 Å². The Hall–Kier alpha value is -1.49. The van der Waals surface area contributed by atoms with Crippen LogP contribution in [0.25, 0.3) is 0 Å². The van der Waals surface area contributed by atoms with Crippen molar-refractivity contribution in [1.82, 2.24) is 4.98 Å². The molecule has 1 aromatic carbocycles. The zero-order valence-electron chi connectivity index (χ0n) is 28.1. The summed E-state index contributed by atoms with van der Waals surface area (Å²) < 4.78 is 14.6. The van der Waals surface area contributed by atoms with Crippen molar-refractivity contribution < 1.29 is 9.16 Å². The number of aromatic nitrogens is 1. The predicted molar refractivity (Wildman–Crippen MR) is 172 cm³/mol. The lowest BCUT2D eigenvalue weighted by atomic mass is 9.70. The van der Waals surface area contributed by atoms with Crippen LogP contribution in [0.4, 0.5) is 0 Å². The van der Waals surface area contributed by atoms with Crippen LogP contribution in [0.3, 0.4) is 0 Å². The minimum Gasteiger partial charge on any atom is -0.410 e. The number of fused-ring (bicyclic) bond motifs is 3. The Morgan fingerprint density at radius 3 is 2.10 bits per heavy atom. The van der Waals surface area contributed by atoms with Gasteiger partial charge in [-0.2, -0.15) is 0 Å². The van der Waals surface area contributed by atoms with Crippen LogP contribution in [0.1, 0.15) is 160 Å². The van der Waals surface area contributed by atoms with Gasteiger partial charge in [-0.15, -0.1) is 0 Å². The molecule has 0 radical (unpaired) electrons. The lowest BCUT2D eigenvalue weighted by Gasteiger charge is -2.45. The van der Waals surface area contributed by atoms with Crippen molar-refractivity contribution in [2.24, 2.45) is 5.41 Å². The summed E-state index contributed by atoms with van der Waals surface area (Å²) in [7, 11) is -2.03. The van der Waals surface area contributed by atoms with Gasteiger partial charge in [-0.25, -0.2) is 0 Å². The third kappa shape index (κ3) is 5.74. The van der Waals surface area contributed by atoms with Crippen molar-refractivity contribution in [3.8, 4) is 0 Å². The van der Waals surface area contributed by atoms with E-state index in [2.05, 4.69) is 120 Å². The van der Waals surface area contributed by atoms with Gasteiger partial charge in [-0.05, 0) is 77.8 Å². The highest BCUT2D eigenvalue weighted by Gasteiger charge is 2.51. The first-order valence-electron chi connectivity index (χ1n) is 15.7. The van der Waals surface area contributed by atoms with Gasteiger partial charge in [-0.3, -0.25) is 4.98 Å². The van der Waals surface area contributed by atoms with E-state index in [1.165, 1.54) is 39.2 Å². The molecule has 0 saturated heterocycles. The maximum Gasteiger partial charge on any atom is 0.192 e. The Bertz CT molecular complexity index is 1230. The second-order valence-electron chi connectivity index (χ2n) is 16.6. The highest BCUT2D eigenvalue weighted by Crippen LogP contribution is 2.57. The SMILES string of the molecule is CCCC1(C)OC(c2ccc(C(C)(C)C)cc2)c2c(C(C)C)nc3c(c21)C(O[Si](C)(C)C(C)(C)C)CC(C)(C)C3. The van der Waals surface area contributed by atoms with Gasteiger partial charge in [0.2, 0.25) is 0 Å². The molecule has 40 heavy (non-hydrogen) atoms. The monoisotopic (exact) mass is 563 g/mol. The van der Waals surface area contributed by atoms with Gasteiger partial charge in [0.25, 0.3) is 0 Å². The quantitative estimate of drug-likeness (QED) is 0.328. The fourth-order valence-corrected chi connectivity index (χ4v) is 7.90. The molecular weight excluding hydrogens is 506 g/mol. The van der Waals surface area contributed by atoms with E-state index in [1.807, 2.05) is 0 Å². The second-order valence-corrected chi connectivity index (χ2v) is 21.3. The maximum atomic E-state index is 7.34. The van der Waals surface area contributed by atoms with E-state index < -0.39 is 8.32 Å². The van der Waals surface area contributed by atoms with Crippen LogP contribution in [-0.4, -0.2) is 13.3 Å². The molecule has 2 heterocycles. The van der Waals surface area contributed by atoms with Gasteiger partial charge in [0.1, 0.15) is 6.10 Å². The molecule has 0 saturated carbocycles. The van der Waals surface area contributed by atoms with Gasteiger partial charge in [-0.1, -0.05) is 107 Å². The van der Waals surface area contributed by atoms with Crippen molar-refractivity contribution >= 4 is 8.32 Å². The third-order valence-corrected chi connectivity index (χ3v) is 14.3. The molecular formula is C36H57NO2Si. The van der Waals surface area contributed by atoms with Crippen molar-refractivity contribution in [3.05, 3.63) is 63.5 Å². The Labute approximate surface area is 247 Å². The highest BCUT2D eigenvalue weighted by molar-refractivity contribution is 6.74. The van der Waals surface area contributed by atoms with Gasteiger partial charge < -0.3 is 9.16 Å². The molecule has 222 valence electrons. The molecule has 3 nitrogen and oxygen atoms in total. The lowest BCUT2D eigenvalue weighted by molar-refractivity contribution is -0.0554. The van der Waals surface area contributed by atoms with E-state index in [1.54, 1.807) is 0 Å². The third-order valence-electron chi connectivity index (χ3n) is 9.85. The van der Waals surface area contributed by atoms with E-state index >= 15 is 0 Å². The lowest BCUT2D eigenvalue weighted by Crippen LogP contribution is -2.44. The molecule has 0 spiro atoms. The van der Waals surface area contributed by atoms with Crippen LogP contribution in [0.5, 0.6) is 0 Å². The number of hydrogen-bond donors (Lipinski definition) is 0. The molecule has 1 aromatic heterocycles. The molecule has 4 rings (SSSR count). The molecule has 2 aromatic rings. The second kappa shape index (κ2) is 10.3. The van der Waals surface area contributed by atoms with Gasteiger partial charge >= 0.3 is 0 Å². The average Bonchev–Trinajstić information content (AvgIpc) is 3.09. The van der Waals surface area contributed by atoms with Gasteiger partial charge in [0, 0.05) is 22.5 Å². The van der Waals surface area contributed by atoms with Crippen LogP contribution in [0, 0.1) is 5.41 Å². The van der Waals surface area contributed by atoms with Crippen LogP contribution in [0.2, 0.25) is 18.1 Å². The van der Waals surface area contributed by atoms with Gasteiger partial charge in [0.15, 0.2) is 8.32 Å². The number of benzene rings is 1. The van der Waals surface area contributed by atoms with E-state index in [-0.39, 0.29) is 33.7 Å². The first-order valence-corrected chi connectivity index (χ1v) is 18.6. The summed E-state index contributed by atoms with van der Waals surface area (Å²) in [6.45, 7) is 32.7. The van der Waals surface area contributed by atoms with Crippen LogP contribution in [-0.2, 0) is 26.6 Å². The molecule has 1 aliphatic heterocycles. The molecule has 3 atom stereocenters. The van der Waals surface area contributed by atoms with Gasteiger partial charge in [0.05, 0.1) is 11.7 Å². The number of hydrogen-bond acceptors (Lipinski definition) is 3. The fourth-order valence-electron chi connectivity index (χ4n) is 6.63. The number of ether oxygens (including phenoxy) is 1. The summed E-state index contributed by atoms with van der Waals surface area (Å²) in [6, 6.07) is 9.17. The zero-order valence-corrected chi connectivity index (χ0v) is 29.1. The molecule has 2 aliphatic rings. The van der Waals surface area contributed by atoms with Crippen molar-refractivity contribution in [1.29, 1.82) is 0 Å². The largest absolute Gasteiger partial charge is 0.410 e. The first kappa shape index (κ1) is 31.4. The summed E-state index contributed by atoms with van der Waals surface area (Å²) in [5, 5.41) is 0.143. The Balaban J connectivity index is 1.99. The van der Waals surface area contributed by atoms with Crippen LogP contribution >= 0.6 is 0 Å². The standard InChI is InChI=1S/C36H57NO2Si/c1-15-20-36(12)30-28-26(21-35(10,11)22-27(28)39-40(13,14)34(7,8)9)37-31(23(2)3)29(30)32(38-36)24-16-18-25(19-17-24)33(4,5)6/h16-19,23,27,32H,15,20-22H2,1-14H3. The summed E-state index contributed by atoms with van der Waals surface area (Å²) in [4.78, 5) is 5.54. The fraction of sp³-hybridized carbons (Fsp3) is 0.694. The molecule has 0 N–H and O–H groups in total. The minimum atomic E-state index is -2.03. The number of rotatable bonds is 6. The normalized spacial score (nSPS) is 24.8. The van der Waals surface area contributed by atoms with E-state index in [9.17, 15) is 0 Å². The number of pyridine rings is 1. The summed E-state index contributed by atoms with van der Waals surface area (Å²) in [5.74, 6) is 0.313. The maximum absolute atomic E-state index is 7.34. The van der Waals surface area contributed by atoms with E-state index in [4.69, 9.17) is 14.1 Å². The molecule has 0 amide bonds. The minimum absolute atomic E-state index is 0.0453. The molecule has 0 bridgehead atoms. The van der Waals surface area contributed by atoms with Crippen molar-refractivity contribution in [3.63, 3.8) is 0 Å². The first-order chi connectivity index (χ1) is 18.2. The molecule has 0 fully saturated rings. The highest BCUT2D eigenvalue weighted by atomic mass is 28.4. The summed E-state index contributed by atoms with van der Waals surface area (Å²) in [5.41, 5.74) is 8.99. The molecule has 4 heteroatoms. The van der Waals surface area contributed by atoms with E-state index in [0.717, 1.165) is 25.7 Å². The Morgan fingerprint density at radius 1 is 1.00 bits per heavy atom. The Kier molecular flexibility index (Phi) is 8.13. The topological polar surface area (TPSA) is 31.4 Å². The van der Waals surface area contributed by atoms with E-state index in [0.29, 0.717) is 5.92 Å². The smallest absolute Gasteiger partial charge is 0.192 e. The van der Waals surface area contributed by atoms with Crippen LogP contribution < -0.4 is 0 Å². The van der Waals surface area contributed by atoms with Crippen LogP contribution in [0.15, 0.2) is 24.3 Å². The molecule has 1 aliphatic carbocycles. The number of nitrogens with zero attached hydrogens (tertiary/aromatic N) is 1. The summed E-state index contributed by atoms with van der Waals surface area (Å²) >= 11 is 0. The predicted octanol–water partition coefficient (Wildman–Crippen LogP) is 10.7. The Morgan fingerprint density at radius 2 is 1.60 bits per heavy atom. The average molecular weight is 564 g/mol. The van der Waals surface area contributed by atoms with Crippen molar-refractivity contribution in [2.75, 3.05) is 0 Å². The zero-order chi connectivity index (χ0) is 30.1. The summed E-state index contributed by atoms with van der Waals surface area (Å²) in [6.07, 6.45) is 4.00.